The lowest BCUT2D eigenvalue weighted by Gasteiger charge is -2.17. The normalized spacial score (nSPS) is 13.3. The zero-order valence-corrected chi connectivity index (χ0v) is 8.62. The number of hydrogen-bond acceptors (Lipinski definition) is 2. The summed E-state index contributed by atoms with van der Waals surface area (Å²) < 4.78 is 0. The second-order valence-corrected chi connectivity index (χ2v) is 3.67. The van der Waals surface area contributed by atoms with Crippen LogP contribution in [0.1, 0.15) is 38.1 Å². The van der Waals surface area contributed by atoms with Crippen LogP contribution in [0.15, 0.2) is 18.3 Å². The molecule has 72 valence electrons. The van der Waals surface area contributed by atoms with E-state index in [2.05, 4.69) is 31.8 Å². The second kappa shape index (κ2) is 4.38. The van der Waals surface area contributed by atoms with E-state index in [1.54, 1.807) is 0 Å². The van der Waals surface area contributed by atoms with E-state index in [-0.39, 0.29) is 6.04 Å². The van der Waals surface area contributed by atoms with Crippen LogP contribution in [0.2, 0.25) is 0 Å². The Morgan fingerprint density at radius 3 is 2.69 bits per heavy atom. The topological polar surface area (TPSA) is 38.9 Å². The van der Waals surface area contributed by atoms with Gasteiger partial charge in [0.05, 0.1) is 5.69 Å². The standard InChI is InChI=1S/C11H18N2/c1-4-9-6-5-7-13-11(9)10(12)8(2)3/h5-8,10H,4,12H2,1-3H3. The largest absolute Gasteiger partial charge is 0.322 e. The fourth-order valence-corrected chi connectivity index (χ4v) is 1.37. The first-order valence-electron chi connectivity index (χ1n) is 4.86. The Morgan fingerprint density at radius 1 is 1.46 bits per heavy atom. The lowest BCUT2D eigenvalue weighted by atomic mass is 9.97. The fourth-order valence-electron chi connectivity index (χ4n) is 1.37. The fraction of sp³-hybridized carbons (Fsp3) is 0.545. The molecule has 1 heterocycles. The van der Waals surface area contributed by atoms with Gasteiger partial charge in [0.2, 0.25) is 0 Å². The molecular formula is C11H18N2. The Kier molecular flexibility index (Phi) is 3.43. The van der Waals surface area contributed by atoms with E-state index in [1.807, 2.05) is 12.3 Å². The maximum atomic E-state index is 6.05. The zero-order chi connectivity index (χ0) is 9.84. The molecule has 0 aromatic carbocycles. The molecule has 0 amide bonds. The van der Waals surface area contributed by atoms with E-state index >= 15 is 0 Å². The number of rotatable bonds is 3. The molecule has 1 unspecified atom stereocenters. The van der Waals surface area contributed by atoms with Crippen molar-refractivity contribution in [3.63, 3.8) is 0 Å². The van der Waals surface area contributed by atoms with Crippen LogP contribution in [-0.4, -0.2) is 4.98 Å². The van der Waals surface area contributed by atoms with Gasteiger partial charge >= 0.3 is 0 Å². The van der Waals surface area contributed by atoms with Crippen LogP contribution in [-0.2, 0) is 6.42 Å². The van der Waals surface area contributed by atoms with E-state index in [0.29, 0.717) is 5.92 Å². The van der Waals surface area contributed by atoms with Crippen LogP contribution in [0.25, 0.3) is 0 Å². The summed E-state index contributed by atoms with van der Waals surface area (Å²) in [6, 6.07) is 4.14. The van der Waals surface area contributed by atoms with Gasteiger partial charge in [-0.05, 0) is 24.0 Å². The first kappa shape index (κ1) is 10.2. The van der Waals surface area contributed by atoms with E-state index in [0.717, 1.165) is 12.1 Å². The van der Waals surface area contributed by atoms with Crippen molar-refractivity contribution in [1.82, 2.24) is 4.98 Å². The van der Waals surface area contributed by atoms with E-state index in [1.165, 1.54) is 5.56 Å². The molecule has 1 aromatic rings. The molecule has 2 heteroatoms. The molecule has 1 aromatic heterocycles. The van der Waals surface area contributed by atoms with Crippen molar-refractivity contribution in [2.75, 3.05) is 0 Å². The highest BCUT2D eigenvalue weighted by Gasteiger charge is 2.14. The molecule has 13 heavy (non-hydrogen) atoms. The van der Waals surface area contributed by atoms with Gasteiger partial charge in [-0.2, -0.15) is 0 Å². The van der Waals surface area contributed by atoms with E-state index < -0.39 is 0 Å². The molecule has 0 fully saturated rings. The summed E-state index contributed by atoms with van der Waals surface area (Å²) in [5.74, 6) is 0.445. The van der Waals surface area contributed by atoms with Crippen LogP contribution < -0.4 is 5.73 Å². The molecule has 0 aliphatic carbocycles. The summed E-state index contributed by atoms with van der Waals surface area (Å²) in [7, 11) is 0. The number of hydrogen-bond donors (Lipinski definition) is 1. The average molecular weight is 178 g/mol. The molecule has 0 saturated carbocycles. The Hall–Kier alpha value is -0.890. The molecular weight excluding hydrogens is 160 g/mol. The summed E-state index contributed by atoms with van der Waals surface area (Å²) in [5.41, 5.74) is 8.37. The zero-order valence-electron chi connectivity index (χ0n) is 8.62. The van der Waals surface area contributed by atoms with E-state index in [4.69, 9.17) is 5.73 Å². The summed E-state index contributed by atoms with van der Waals surface area (Å²) in [6.45, 7) is 6.38. The number of nitrogens with two attached hydrogens (primary N) is 1. The molecule has 2 N–H and O–H groups in total. The first-order valence-corrected chi connectivity index (χ1v) is 4.86. The second-order valence-electron chi connectivity index (χ2n) is 3.67. The predicted octanol–water partition coefficient (Wildman–Crippen LogP) is 2.30. The Labute approximate surface area is 80.2 Å². The maximum Gasteiger partial charge on any atom is 0.0605 e. The van der Waals surface area contributed by atoms with Gasteiger partial charge in [-0.3, -0.25) is 4.98 Å². The number of nitrogens with zero attached hydrogens (tertiary/aromatic N) is 1. The van der Waals surface area contributed by atoms with Crippen LogP contribution in [0.5, 0.6) is 0 Å². The molecule has 0 saturated heterocycles. The summed E-state index contributed by atoms with van der Waals surface area (Å²) in [6.07, 6.45) is 2.82. The molecule has 0 radical (unpaired) electrons. The van der Waals surface area contributed by atoms with Gasteiger partial charge in [-0.25, -0.2) is 0 Å². The Bertz CT molecular complexity index is 269. The minimum absolute atomic E-state index is 0.0659. The maximum absolute atomic E-state index is 6.05. The molecule has 0 bridgehead atoms. The van der Waals surface area contributed by atoms with E-state index in [9.17, 15) is 0 Å². The van der Waals surface area contributed by atoms with Crippen LogP contribution in [0.4, 0.5) is 0 Å². The SMILES string of the molecule is CCc1cccnc1C(N)C(C)C. The highest BCUT2D eigenvalue weighted by atomic mass is 14.8. The van der Waals surface area contributed by atoms with Gasteiger partial charge in [0, 0.05) is 12.2 Å². The predicted molar refractivity (Wildman–Crippen MR) is 55.4 cm³/mol. The Morgan fingerprint density at radius 2 is 2.15 bits per heavy atom. The highest BCUT2D eigenvalue weighted by Crippen LogP contribution is 2.20. The van der Waals surface area contributed by atoms with Crippen LogP contribution in [0.3, 0.4) is 0 Å². The molecule has 0 aliphatic rings. The average Bonchev–Trinajstić information content (AvgIpc) is 2.16. The number of aryl methyl sites for hydroxylation is 1. The lowest BCUT2D eigenvalue weighted by Crippen LogP contribution is -2.19. The molecule has 2 nitrogen and oxygen atoms in total. The van der Waals surface area contributed by atoms with Crippen molar-refractivity contribution < 1.29 is 0 Å². The van der Waals surface area contributed by atoms with Crippen molar-refractivity contribution >= 4 is 0 Å². The van der Waals surface area contributed by atoms with Crippen molar-refractivity contribution in [3.05, 3.63) is 29.6 Å². The lowest BCUT2D eigenvalue weighted by molar-refractivity contribution is 0.499. The quantitative estimate of drug-likeness (QED) is 0.771. The summed E-state index contributed by atoms with van der Waals surface area (Å²) >= 11 is 0. The van der Waals surface area contributed by atoms with Gasteiger partial charge in [-0.1, -0.05) is 26.8 Å². The third-order valence-electron chi connectivity index (χ3n) is 2.34. The number of aromatic nitrogens is 1. The van der Waals surface area contributed by atoms with Crippen molar-refractivity contribution in [2.24, 2.45) is 11.7 Å². The molecule has 0 spiro atoms. The van der Waals surface area contributed by atoms with Crippen molar-refractivity contribution in [2.45, 2.75) is 33.2 Å². The van der Waals surface area contributed by atoms with Gasteiger partial charge in [-0.15, -0.1) is 0 Å². The van der Waals surface area contributed by atoms with Crippen molar-refractivity contribution in [3.8, 4) is 0 Å². The third-order valence-corrected chi connectivity index (χ3v) is 2.34. The van der Waals surface area contributed by atoms with Gasteiger partial charge < -0.3 is 5.73 Å². The van der Waals surface area contributed by atoms with Crippen molar-refractivity contribution in [1.29, 1.82) is 0 Å². The minimum atomic E-state index is 0.0659. The minimum Gasteiger partial charge on any atom is -0.322 e. The highest BCUT2D eigenvalue weighted by molar-refractivity contribution is 5.22. The first-order chi connectivity index (χ1) is 6.16. The smallest absolute Gasteiger partial charge is 0.0605 e. The Balaban J connectivity index is 2.98. The van der Waals surface area contributed by atoms with Gasteiger partial charge in [0.1, 0.15) is 0 Å². The van der Waals surface area contributed by atoms with Gasteiger partial charge in [0.15, 0.2) is 0 Å². The molecule has 1 rings (SSSR count). The van der Waals surface area contributed by atoms with Gasteiger partial charge in [0.25, 0.3) is 0 Å². The van der Waals surface area contributed by atoms with Crippen LogP contribution in [0, 0.1) is 5.92 Å². The molecule has 0 aliphatic heterocycles. The summed E-state index contributed by atoms with van der Waals surface area (Å²) in [4.78, 5) is 4.35. The van der Waals surface area contributed by atoms with Crippen LogP contribution >= 0.6 is 0 Å². The monoisotopic (exact) mass is 178 g/mol. The molecule has 1 atom stereocenters. The third kappa shape index (κ3) is 2.28. The summed E-state index contributed by atoms with van der Waals surface area (Å²) in [5, 5.41) is 0. The number of pyridine rings is 1.